The number of carbonyl (C=O) groups excluding carboxylic acids is 1. The number of esters is 1. The molecule has 0 aliphatic heterocycles. The number of alkyl halides is 1. The molecule has 0 N–H and O–H groups in total. The van der Waals surface area contributed by atoms with Crippen LogP contribution in [0, 0.1) is 0 Å². The van der Waals surface area contributed by atoms with Crippen molar-refractivity contribution in [1.29, 1.82) is 0 Å². The van der Waals surface area contributed by atoms with E-state index >= 15 is 0 Å². The van der Waals surface area contributed by atoms with E-state index in [0.717, 1.165) is 6.92 Å². The third kappa shape index (κ3) is 2.48. The van der Waals surface area contributed by atoms with Crippen LogP contribution in [-0.2, 0) is 15.2 Å². The van der Waals surface area contributed by atoms with Gasteiger partial charge in [0, 0.05) is 10.6 Å². The first-order valence-electron chi connectivity index (χ1n) is 4.61. The Balaban J connectivity index is 3.05. The maximum absolute atomic E-state index is 14.1. The molecule has 0 aliphatic rings. The summed E-state index contributed by atoms with van der Waals surface area (Å²) >= 11 is 5.81. The third-order valence-corrected chi connectivity index (χ3v) is 2.37. The monoisotopic (exact) mass is 230 g/mol. The minimum Gasteiger partial charge on any atom is -0.463 e. The zero-order valence-electron chi connectivity index (χ0n) is 8.59. The van der Waals surface area contributed by atoms with Crippen molar-refractivity contribution in [2.24, 2.45) is 0 Å². The predicted octanol–water partition coefficient (Wildman–Crippen LogP) is 3.09. The Morgan fingerprint density at radius 1 is 1.53 bits per heavy atom. The summed E-state index contributed by atoms with van der Waals surface area (Å²) in [6.07, 6.45) is 0. The van der Waals surface area contributed by atoms with Crippen LogP contribution in [0.3, 0.4) is 0 Å². The van der Waals surface area contributed by atoms with Crippen molar-refractivity contribution in [2.45, 2.75) is 19.5 Å². The van der Waals surface area contributed by atoms with Crippen LogP contribution in [0.1, 0.15) is 19.4 Å². The molecule has 0 amide bonds. The molecule has 0 heterocycles. The minimum absolute atomic E-state index is 0.130. The van der Waals surface area contributed by atoms with Crippen LogP contribution in [0.2, 0.25) is 5.02 Å². The standard InChI is InChI=1S/C11H12ClFO2/c1-3-15-10(14)11(2,13)8-6-4-5-7-9(8)12/h4-7H,3H2,1-2H3. The van der Waals surface area contributed by atoms with Gasteiger partial charge in [-0.15, -0.1) is 0 Å². The van der Waals surface area contributed by atoms with Gasteiger partial charge in [-0.05, 0) is 19.9 Å². The normalized spacial score (nSPS) is 14.4. The van der Waals surface area contributed by atoms with Gasteiger partial charge in [0.25, 0.3) is 0 Å². The van der Waals surface area contributed by atoms with E-state index in [0.29, 0.717) is 0 Å². The fourth-order valence-electron chi connectivity index (χ4n) is 1.22. The number of rotatable bonds is 3. The van der Waals surface area contributed by atoms with E-state index < -0.39 is 11.6 Å². The number of benzene rings is 1. The maximum atomic E-state index is 14.1. The maximum Gasteiger partial charge on any atom is 0.348 e. The van der Waals surface area contributed by atoms with Crippen LogP contribution < -0.4 is 0 Å². The predicted molar refractivity (Wildman–Crippen MR) is 56.5 cm³/mol. The van der Waals surface area contributed by atoms with Crippen LogP contribution in [0.4, 0.5) is 4.39 Å². The molecule has 0 radical (unpaired) electrons. The molecule has 1 aromatic rings. The molecule has 0 aliphatic carbocycles. The Labute approximate surface area is 93.0 Å². The molecule has 1 atom stereocenters. The van der Waals surface area contributed by atoms with Crippen LogP contribution in [0.15, 0.2) is 24.3 Å². The second-order valence-electron chi connectivity index (χ2n) is 3.20. The van der Waals surface area contributed by atoms with Crippen molar-refractivity contribution in [3.8, 4) is 0 Å². The first-order chi connectivity index (χ1) is 7.00. The molecule has 1 aromatic carbocycles. The van der Waals surface area contributed by atoms with Crippen LogP contribution >= 0.6 is 11.6 Å². The topological polar surface area (TPSA) is 26.3 Å². The third-order valence-electron chi connectivity index (χ3n) is 2.04. The Morgan fingerprint density at radius 3 is 2.67 bits per heavy atom. The summed E-state index contributed by atoms with van der Waals surface area (Å²) < 4.78 is 18.7. The fourth-order valence-corrected chi connectivity index (χ4v) is 1.53. The zero-order valence-corrected chi connectivity index (χ0v) is 9.34. The summed E-state index contributed by atoms with van der Waals surface area (Å²) in [7, 11) is 0. The van der Waals surface area contributed by atoms with Gasteiger partial charge in [-0.2, -0.15) is 0 Å². The summed E-state index contributed by atoms with van der Waals surface area (Å²) in [5, 5.41) is 0.218. The van der Waals surface area contributed by atoms with Crippen LogP contribution in [0.5, 0.6) is 0 Å². The van der Waals surface area contributed by atoms with Crippen molar-refractivity contribution in [2.75, 3.05) is 6.61 Å². The Kier molecular flexibility index (Phi) is 3.69. The molecule has 0 spiro atoms. The molecule has 0 saturated heterocycles. The first kappa shape index (κ1) is 12.0. The Morgan fingerprint density at radius 2 is 2.13 bits per heavy atom. The number of halogens is 2. The minimum atomic E-state index is -2.20. The van der Waals surface area contributed by atoms with Gasteiger partial charge < -0.3 is 4.74 Å². The second kappa shape index (κ2) is 4.62. The van der Waals surface area contributed by atoms with E-state index in [9.17, 15) is 9.18 Å². The lowest BCUT2D eigenvalue weighted by Gasteiger charge is -2.19. The van der Waals surface area contributed by atoms with Crippen molar-refractivity contribution < 1.29 is 13.9 Å². The number of hydrogen-bond acceptors (Lipinski definition) is 2. The Bertz CT molecular complexity index is 363. The van der Waals surface area contributed by atoms with Gasteiger partial charge in [-0.25, -0.2) is 9.18 Å². The van der Waals surface area contributed by atoms with Crippen molar-refractivity contribution >= 4 is 17.6 Å². The van der Waals surface area contributed by atoms with Gasteiger partial charge in [-0.3, -0.25) is 0 Å². The quantitative estimate of drug-likeness (QED) is 0.746. The van der Waals surface area contributed by atoms with Crippen molar-refractivity contribution in [1.82, 2.24) is 0 Å². The van der Waals surface area contributed by atoms with E-state index in [2.05, 4.69) is 4.74 Å². The lowest BCUT2D eigenvalue weighted by Crippen LogP contribution is -2.30. The molecule has 0 aromatic heterocycles. The molecule has 2 nitrogen and oxygen atoms in total. The highest BCUT2D eigenvalue weighted by Gasteiger charge is 2.38. The molecule has 0 bridgehead atoms. The van der Waals surface area contributed by atoms with Gasteiger partial charge in [0.15, 0.2) is 0 Å². The molecule has 82 valence electrons. The lowest BCUT2D eigenvalue weighted by atomic mass is 9.98. The first-order valence-corrected chi connectivity index (χ1v) is 4.99. The molecule has 0 saturated carbocycles. The molecule has 1 rings (SSSR count). The largest absolute Gasteiger partial charge is 0.463 e. The SMILES string of the molecule is CCOC(=O)C(C)(F)c1ccccc1Cl. The van der Waals surface area contributed by atoms with E-state index in [1.807, 2.05) is 0 Å². The Hall–Kier alpha value is -1.09. The highest BCUT2D eigenvalue weighted by Crippen LogP contribution is 2.32. The smallest absolute Gasteiger partial charge is 0.348 e. The van der Waals surface area contributed by atoms with E-state index in [1.54, 1.807) is 19.1 Å². The molecular formula is C11H12ClFO2. The summed E-state index contributed by atoms with van der Waals surface area (Å²) in [6, 6.07) is 6.30. The van der Waals surface area contributed by atoms with Crippen LogP contribution in [-0.4, -0.2) is 12.6 Å². The van der Waals surface area contributed by atoms with Gasteiger partial charge >= 0.3 is 5.97 Å². The summed E-state index contributed by atoms with van der Waals surface area (Å²) in [5.74, 6) is -0.918. The highest BCUT2D eigenvalue weighted by atomic mass is 35.5. The van der Waals surface area contributed by atoms with Crippen molar-refractivity contribution in [3.63, 3.8) is 0 Å². The fraction of sp³-hybridized carbons (Fsp3) is 0.364. The van der Waals surface area contributed by atoms with E-state index in [-0.39, 0.29) is 17.2 Å². The zero-order chi connectivity index (χ0) is 11.5. The molecule has 15 heavy (non-hydrogen) atoms. The van der Waals surface area contributed by atoms with Gasteiger partial charge in [0.2, 0.25) is 5.67 Å². The summed E-state index contributed by atoms with van der Waals surface area (Å²) in [6.45, 7) is 2.91. The van der Waals surface area contributed by atoms with E-state index in [4.69, 9.17) is 11.6 Å². The van der Waals surface area contributed by atoms with Gasteiger partial charge in [0.05, 0.1) is 6.61 Å². The highest BCUT2D eigenvalue weighted by molar-refractivity contribution is 6.31. The molecular weight excluding hydrogens is 219 g/mol. The lowest BCUT2D eigenvalue weighted by molar-refractivity contribution is -0.156. The molecule has 1 unspecified atom stereocenters. The average molecular weight is 231 g/mol. The molecule has 0 fully saturated rings. The molecule has 4 heteroatoms. The number of carbonyl (C=O) groups is 1. The summed E-state index contributed by atoms with van der Waals surface area (Å²) in [5.41, 5.74) is -2.07. The number of ether oxygens (including phenoxy) is 1. The van der Waals surface area contributed by atoms with Gasteiger partial charge in [-0.1, -0.05) is 29.8 Å². The van der Waals surface area contributed by atoms with Gasteiger partial charge in [0.1, 0.15) is 0 Å². The summed E-state index contributed by atoms with van der Waals surface area (Å²) in [4.78, 5) is 11.4. The van der Waals surface area contributed by atoms with E-state index in [1.165, 1.54) is 12.1 Å². The van der Waals surface area contributed by atoms with Crippen LogP contribution in [0.25, 0.3) is 0 Å². The van der Waals surface area contributed by atoms with Crippen molar-refractivity contribution in [3.05, 3.63) is 34.9 Å². The number of hydrogen-bond donors (Lipinski definition) is 0. The average Bonchev–Trinajstić information content (AvgIpc) is 2.18. The second-order valence-corrected chi connectivity index (χ2v) is 3.61.